The van der Waals surface area contributed by atoms with Crippen LogP contribution in [0.1, 0.15) is 29.7 Å². The monoisotopic (exact) mass is 245 g/mol. The number of nitrogens with zero attached hydrogens (tertiary/aromatic N) is 2. The summed E-state index contributed by atoms with van der Waals surface area (Å²) in [6, 6.07) is 0.162. The summed E-state index contributed by atoms with van der Waals surface area (Å²) in [5.41, 5.74) is 6.21. The molecular formula is C10H16ClN3O2. The highest BCUT2D eigenvalue weighted by Crippen LogP contribution is 2.14. The number of imidazole rings is 1. The van der Waals surface area contributed by atoms with E-state index in [1.807, 2.05) is 4.57 Å². The van der Waals surface area contributed by atoms with E-state index in [4.69, 9.17) is 10.5 Å². The van der Waals surface area contributed by atoms with Gasteiger partial charge in [0.2, 0.25) is 0 Å². The van der Waals surface area contributed by atoms with E-state index < -0.39 is 0 Å². The highest BCUT2D eigenvalue weighted by atomic mass is 35.5. The van der Waals surface area contributed by atoms with Crippen LogP contribution in [0.4, 0.5) is 0 Å². The van der Waals surface area contributed by atoms with Crippen molar-refractivity contribution in [2.45, 2.75) is 32.4 Å². The molecule has 0 aliphatic carbocycles. The predicted octanol–water partition coefficient (Wildman–Crippen LogP) is 0.755. The fourth-order valence-corrected chi connectivity index (χ4v) is 1.76. The predicted molar refractivity (Wildman–Crippen MR) is 61.7 cm³/mol. The Morgan fingerprint density at radius 3 is 3.19 bits per heavy atom. The van der Waals surface area contributed by atoms with Crippen molar-refractivity contribution in [1.82, 2.24) is 9.55 Å². The van der Waals surface area contributed by atoms with E-state index >= 15 is 0 Å². The summed E-state index contributed by atoms with van der Waals surface area (Å²) in [5.74, 6) is 0.532. The molecule has 1 atom stereocenters. The van der Waals surface area contributed by atoms with Crippen LogP contribution in [0.3, 0.4) is 0 Å². The molecule has 0 spiro atoms. The van der Waals surface area contributed by atoms with Gasteiger partial charge in [-0.2, -0.15) is 0 Å². The SMILES string of the molecule is CCOC(=O)c1cn2c(n1)CC(N)CC2.Cl. The first-order valence-corrected chi connectivity index (χ1v) is 5.19. The third kappa shape index (κ3) is 2.54. The second kappa shape index (κ2) is 5.32. The Morgan fingerprint density at radius 1 is 1.75 bits per heavy atom. The molecule has 90 valence electrons. The molecule has 0 amide bonds. The first kappa shape index (κ1) is 13.0. The number of esters is 1. The molecule has 0 fully saturated rings. The van der Waals surface area contributed by atoms with Crippen LogP contribution >= 0.6 is 12.4 Å². The van der Waals surface area contributed by atoms with Crippen LogP contribution in [0.15, 0.2) is 6.20 Å². The number of aryl methyl sites for hydroxylation is 1. The Kier molecular flexibility index (Phi) is 4.32. The maximum atomic E-state index is 11.4. The van der Waals surface area contributed by atoms with Crippen LogP contribution in [0, 0.1) is 0 Å². The molecule has 1 aliphatic heterocycles. The lowest BCUT2D eigenvalue weighted by Gasteiger charge is -2.18. The van der Waals surface area contributed by atoms with Gasteiger partial charge < -0.3 is 15.0 Å². The van der Waals surface area contributed by atoms with Gasteiger partial charge in [0.25, 0.3) is 0 Å². The highest BCUT2D eigenvalue weighted by Gasteiger charge is 2.20. The van der Waals surface area contributed by atoms with Crippen LogP contribution in [0.2, 0.25) is 0 Å². The molecular weight excluding hydrogens is 230 g/mol. The maximum Gasteiger partial charge on any atom is 0.358 e. The van der Waals surface area contributed by atoms with Crippen LogP contribution in [-0.2, 0) is 17.7 Å². The van der Waals surface area contributed by atoms with E-state index in [0.717, 1.165) is 25.2 Å². The molecule has 0 saturated heterocycles. The lowest BCUT2D eigenvalue weighted by Crippen LogP contribution is -2.30. The lowest BCUT2D eigenvalue weighted by molar-refractivity contribution is 0.0520. The topological polar surface area (TPSA) is 70.1 Å². The summed E-state index contributed by atoms with van der Waals surface area (Å²) in [4.78, 5) is 15.6. The van der Waals surface area contributed by atoms with Crippen molar-refractivity contribution in [3.05, 3.63) is 17.7 Å². The largest absolute Gasteiger partial charge is 0.461 e. The molecule has 16 heavy (non-hydrogen) atoms. The number of hydrogen-bond donors (Lipinski definition) is 1. The number of carbonyl (C=O) groups excluding carboxylic acids is 1. The van der Waals surface area contributed by atoms with Crippen LogP contribution in [0.25, 0.3) is 0 Å². The van der Waals surface area contributed by atoms with Gasteiger partial charge in [0.05, 0.1) is 6.61 Å². The van der Waals surface area contributed by atoms with E-state index in [1.54, 1.807) is 13.1 Å². The zero-order chi connectivity index (χ0) is 10.8. The Morgan fingerprint density at radius 2 is 2.50 bits per heavy atom. The standard InChI is InChI=1S/C10H15N3O2.ClH/c1-2-15-10(14)8-6-13-4-3-7(11)5-9(13)12-8;/h6-7H,2-5,11H2,1H3;1H. The Hall–Kier alpha value is -1.07. The third-order valence-electron chi connectivity index (χ3n) is 2.53. The molecule has 2 rings (SSSR count). The van der Waals surface area contributed by atoms with Crippen molar-refractivity contribution < 1.29 is 9.53 Å². The Labute approximate surface area is 100 Å². The lowest BCUT2D eigenvalue weighted by atomic mass is 10.1. The first-order valence-electron chi connectivity index (χ1n) is 5.19. The first-order chi connectivity index (χ1) is 7.20. The van der Waals surface area contributed by atoms with Gasteiger partial charge in [-0.25, -0.2) is 9.78 Å². The molecule has 2 N–H and O–H groups in total. The van der Waals surface area contributed by atoms with Crippen molar-refractivity contribution in [1.29, 1.82) is 0 Å². The molecule has 1 aromatic heterocycles. The van der Waals surface area contributed by atoms with E-state index in [9.17, 15) is 4.79 Å². The Bertz CT molecular complexity index is 378. The second-order valence-electron chi connectivity index (χ2n) is 3.71. The summed E-state index contributed by atoms with van der Waals surface area (Å²) >= 11 is 0. The van der Waals surface area contributed by atoms with Gasteiger partial charge in [-0.3, -0.25) is 0 Å². The number of fused-ring (bicyclic) bond motifs is 1. The summed E-state index contributed by atoms with van der Waals surface area (Å²) in [6.07, 6.45) is 3.42. The second-order valence-corrected chi connectivity index (χ2v) is 3.71. The minimum Gasteiger partial charge on any atom is -0.461 e. The smallest absolute Gasteiger partial charge is 0.358 e. The minimum absolute atomic E-state index is 0. The van der Waals surface area contributed by atoms with Crippen molar-refractivity contribution in [3.63, 3.8) is 0 Å². The number of halogens is 1. The average molecular weight is 246 g/mol. The van der Waals surface area contributed by atoms with E-state index in [2.05, 4.69) is 4.98 Å². The number of carbonyl (C=O) groups is 1. The Balaban J connectivity index is 0.00000128. The minimum atomic E-state index is -0.354. The van der Waals surface area contributed by atoms with Gasteiger partial charge >= 0.3 is 5.97 Å². The average Bonchev–Trinajstić information content (AvgIpc) is 2.60. The van der Waals surface area contributed by atoms with E-state index in [-0.39, 0.29) is 24.4 Å². The summed E-state index contributed by atoms with van der Waals surface area (Å²) in [7, 11) is 0. The number of ether oxygens (including phenoxy) is 1. The molecule has 1 aromatic rings. The molecule has 1 aliphatic rings. The molecule has 1 unspecified atom stereocenters. The van der Waals surface area contributed by atoms with Crippen molar-refractivity contribution >= 4 is 18.4 Å². The van der Waals surface area contributed by atoms with Gasteiger partial charge in [-0.1, -0.05) is 0 Å². The molecule has 0 radical (unpaired) electrons. The van der Waals surface area contributed by atoms with Crippen LogP contribution < -0.4 is 5.73 Å². The number of aromatic nitrogens is 2. The normalized spacial score (nSPS) is 18.5. The van der Waals surface area contributed by atoms with E-state index in [0.29, 0.717) is 12.3 Å². The highest BCUT2D eigenvalue weighted by molar-refractivity contribution is 5.87. The van der Waals surface area contributed by atoms with Crippen LogP contribution in [0.5, 0.6) is 0 Å². The fraction of sp³-hybridized carbons (Fsp3) is 0.600. The summed E-state index contributed by atoms with van der Waals surface area (Å²) in [6.45, 7) is 2.99. The quantitative estimate of drug-likeness (QED) is 0.781. The van der Waals surface area contributed by atoms with Gasteiger partial charge in [-0.05, 0) is 13.3 Å². The maximum absolute atomic E-state index is 11.4. The van der Waals surface area contributed by atoms with Crippen molar-refractivity contribution in [2.24, 2.45) is 5.73 Å². The van der Waals surface area contributed by atoms with Gasteiger partial charge in [-0.15, -0.1) is 12.4 Å². The fourth-order valence-electron chi connectivity index (χ4n) is 1.76. The molecule has 0 bridgehead atoms. The molecule has 0 aromatic carbocycles. The summed E-state index contributed by atoms with van der Waals surface area (Å²) < 4.78 is 6.87. The number of rotatable bonds is 2. The van der Waals surface area contributed by atoms with Gasteiger partial charge in [0.1, 0.15) is 5.82 Å². The molecule has 2 heterocycles. The summed E-state index contributed by atoms with van der Waals surface area (Å²) in [5, 5.41) is 0. The van der Waals surface area contributed by atoms with Gasteiger partial charge in [0, 0.05) is 25.2 Å². The van der Waals surface area contributed by atoms with Gasteiger partial charge in [0.15, 0.2) is 5.69 Å². The van der Waals surface area contributed by atoms with E-state index in [1.165, 1.54) is 0 Å². The zero-order valence-corrected chi connectivity index (χ0v) is 10.00. The number of nitrogens with two attached hydrogens (primary N) is 1. The van der Waals surface area contributed by atoms with Crippen molar-refractivity contribution in [3.8, 4) is 0 Å². The molecule has 6 heteroatoms. The molecule has 0 saturated carbocycles. The molecule has 5 nitrogen and oxygen atoms in total. The van der Waals surface area contributed by atoms with Crippen molar-refractivity contribution in [2.75, 3.05) is 6.61 Å². The zero-order valence-electron chi connectivity index (χ0n) is 9.18. The third-order valence-corrected chi connectivity index (χ3v) is 2.53. The van der Waals surface area contributed by atoms with Crippen LogP contribution in [-0.4, -0.2) is 28.2 Å². The number of hydrogen-bond acceptors (Lipinski definition) is 4.